The number of nitrogens with one attached hydrogen (secondary N) is 1. The van der Waals surface area contributed by atoms with Gasteiger partial charge in [-0.25, -0.2) is 13.8 Å². The first-order chi connectivity index (χ1) is 15.7. The summed E-state index contributed by atoms with van der Waals surface area (Å²) in [7, 11) is 1.75. The lowest BCUT2D eigenvalue weighted by molar-refractivity contribution is 0.101. The first-order valence-corrected chi connectivity index (χ1v) is 10.4. The van der Waals surface area contributed by atoms with E-state index in [-0.39, 0.29) is 28.5 Å². The molecule has 1 atom stereocenters. The van der Waals surface area contributed by atoms with Gasteiger partial charge >= 0.3 is 0 Å². The van der Waals surface area contributed by atoms with E-state index in [2.05, 4.69) is 25.1 Å². The van der Waals surface area contributed by atoms with Crippen LogP contribution in [-0.2, 0) is 18.9 Å². The second kappa shape index (κ2) is 8.74. The van der Waals surface area contributed by atoms with Gasteiger partial charge < -0.3 is 9.84 Å². The summed E-state index contributed by atoms with van der Waals surface area (Å²) in [6.07, 6.45) is 4.53. The maximum absolute atomic E-state index is 15.5. The summed E-state index contributed by atoms with van der Waals surface area (Å²) in [5.41, 5.74) is 0.697. The molecule has 4 aromatic rings. The summed E-state index contributed by atoms with van der Waals surface area (Å²) in [5, 5.41) is 10.4. The quantitative estimate of drug-likeness (QED) is 0.406. The van der Waals surface area contributed by atoms with Gasteiger partial charge in [0.25, 0.3) is 5.91 Å². The van der Waals surface area contributed by atoms with E-state index in [1.807, 2.05) is 13.8 Å². The molecule has 1 N–H and O–H groups in total. The van der Waals surface area contributed by atoms with Gasteiger partial charge in [-0.2, -0.15) is 5.10 Å². The van der Waals surface area contributed by atoms with Crippen molar-refractivity contribution in [2.45, 2.75) is 25.7 Å². The number of pyridine rings is 1. The molecule has 0 radical (unpaired) electrons. The topological polar surface area (TPSA) is 85.8 Å². The Labute approximate surface area is 193 Å². The molecule has 33 heavy (non-hydrogen) atoms. The molecular weight excluding hydrogens is 452 g/mol. The van der Waals surface area contributed by atoms with Crippen LogP contribution in [0.5, 0.6) is 0 Å². The Morgan fingerprint density at radius 1 is 1.24 bits per heavy atom. The number of hydrogen-bond donors (Lipinski definition) is 1. The number of hydrogen-bond acceptors (Lipinski definition) is 5. The fourth-order valence-corrected chi connectivity index (χ4v) is 3.97. The van der Waals surface area contributed by atoms with Crippen LogP contribution in [0.3, 0.4) is 0 Å². The van der Waals surface area contributed by atoms with Crippen molar-refractivity contribution < 1.29 is 18.1 Å². The summed E-state index contributed by atoms with van der Waals surface area (Å²) in [6, 6.07) is 7.08. The van der Waals surface area contributed by atoms with Gasteiger partial charge in [-0.15, -0.1) is 0 Å². The molecule has 0 spiro atoms. The van der Waals surface area contributed by atoms with Crippen molar-refractivity contribution in [3.63, 3.8) is 0 Å². The van der Waals surface area contributed by atoms with Gasteiger partial charge in [-0.3, -0.25) is 9.48 Å². The molecule has 0 aliphatic carbocycles. The molecule has 10 heteroatoms. The summed E-state index contributed by atoms with van der Waals surface area (Å²) in [5.74, 6) is -2.31. The van der Waals surface area contributed by atoms with Crippen molar-refractivity contribution in [2.75, 3.05) is 5.32 Å². The number of aryl methyl sites for hydroxylation is 2. The van der Waals surface area contributed by atoms with Gasteiger partial charge in [0.05, 0.1) is 17.6 Å². The molecule has 7 nitrogen and oxygen atoms in total. The average Bonchev–Trinajstić information content (AvgIpc) is 3.47. The van der Waals surface area contributed by atoms with E-state index in [1.54, 1.807) is 36.3 Å². The van der Waals surface area contributed by atoms with E-state index in [1.165, 1.54) is 12.3 Å². The first-order valence-electron chi connectivity index (χ1n) is 10.0. The number of halogens is 3. The van der Waals surface area contributed by atoms with E-state index in [0.29, 0.717) is 11.3 Å². The molecule has 3 aromatic heterocycles. The number of nitrogens with zero attached hydrogens (tertiary/aromatic N) is 4. The van der Waals surface area contributed by atoms with E-state index < -0.39 is 23.0 Å². The van der Waals surface area contributed by atoms with Crippen molar-refractivity contribution in [2.24, 2.45) is 7.05 Å². The molecule has 0 aliphatic rings. The molecule has 0 saturated carbocycles. The third-order valence-electron chi connectivity index (χ3n) is 5.56. The number of carbonyl (C=O) groups excluding carboxylic acids is 1. The van der Waals surface area contributed by atoms with Crippen molar-refractivity contribution >= 4 is 23.2 Å². The largest absolute Gasteiger partial charge is 0.364 e. The molecule has 0 saturated heterocycles. The standard InChI is InChI=1S/C23H20ClF2N5O2/c1-13-4-7-19(24)29-21(13)23(2,14-11-27-31(3)12-14)10-15-16(25)5-6-17(20(15)26)28-22(32)18-8-9-33-30-18/h4-9,11-12H,10H2,1-3H3,(H,28,32). The van der Waals surface area contributed by atoms with Crippen molar-refractivity contribution in [1.29, 1.82) is 0 Å². The highest BCUT2D eigenvalue weighted by Crippen LogP contribution is 2.38. The number of aromatic nitrogens is 4. The van der Waals surface area contributed by atoms with Crippen molar-refractivity contribution in [3.8, 4) is 0 Å². The van der Waals surface area contributed by atoms with Gasteiger partial charge in [0.2, 0.25) is 0 Å². The highest BCUT2D eigenvalue weighted by atomic mass is 35.5. The molecule has 4 rings (SSSR count). The van der Waals surface area contributed by atoms with E-state index in [4.69, 9.17) is 11.6 Å². The predicted octanol–water partition coefficient (Wildman–Crippen LogP) is 4.84. The zero-order valence-electron chi connectivity index (χ0n) is 18.1. The Morgan fingerprint density at radius 3 is 2.70 bits per heavy atom. The summed E-state index contributed by atoms with van der Waals surface area (Å²) in [6.45, 7) is 3.68. The zero-order chi connectivity index (χ0) is 23.8. The average molecular weight is 472 g/mol. The lowest BCUT2D eigenvalue weighted by Gasteiger charge is -2.30. The predicted molar refractivity (Wildman–Crippen MR) is 118 cm³/mol. The molecule has 170 valence electrons. The molecule has 3 heterocycles. The maximum atomic E-state index is 15.5. The van der Waals surface area contributed by atoms with Crippen molar-refractivity contribution in [1.82, 2.24) is 19.9 Å². The Hall–Kier alpha value is -3.59. The molecule has 1 amide bonds. The van der Waals surface area contributed by atoms with Crippen molar-refractivity contribution in [3.05, 3.63) is 93.9 Å². The van der Waals surface area contributed by atoms with Gasteiger partial charge in [-0.05, 0) is 44.0 Å². The van der Waals surface area contributed by atoms with Crippen LogP contribution < -0.4 is 5.32 Å². The zero-order valence-corrected chi connectivity index (χ0v) is 18.8. The number of anilines is 1. The van der Waals surface area contributed by atoms with Crippen LogP contribution >= 0.6 is 11.6 Å². The second-order valence-corrected chi connectivity index (χ2v) is 8.32. The Morgan fingerprint density at radius 2 is 2.03 bits per heavy atom. The van der Waals surface area contributed by atoms with Gasteiger partial charge in [0.15, 0.2) is 11.5 Å². The monoisotopic (exact) mass is 471 g/mol. The van der Waals surface area contributed by atoms with E-state index in [0.717, 1.165) is 17.7 Å². The Bertz CT molecular complexity index is 1320. The molecule has 1 aromatic carbocycles. The third kappa shape index (κ3) is 4.36. The minimum Gasteiger partial charge on any atom is -0.364 e. The van der Waals surface area contributed by atoms with Gasteiger partial charge in [0.1, 0.15) is 17.2 Å². The molecule has 0 fully saturated rings. The summed E-state index contributed by atoms with van der Waals surface area (Å²) < 4.78 is 36.7. The van der Waals surface area contributed by atoms with Crippen LogP contribution in [0.2, 0.25) is 5.15 Å². The first kappa shape index (κ1) is 22.6. The molecule has 0 aliphatic heterocycles. The summed E-state index contributed by atoms with van der Waals surface area (Å²) >= 11 is 6.17. The molecule has 0 bridgehead atoms. The van der Waals surface area contributed by atoms with Crippen LogP contribution in [0, 0.1) is 18.6 Å². The van der Waals surface area contributed by atoms with Crippen LogP contribution in [0.1, 0.15) is 39.8 Å². The number of carbonyl (C=O) groups is 1. The van der Waals surface area contributed by atoms with Crippen LogP contribution in [0.15, 0.2) is 53.5 Å². The molecular formula is C23H20ClF2N5O2. The number of rotatable bonds is 6. The fraction of sp³-hybridized carbons (Fsp3) is 0.217. The lowest BCUT2D eigenvalue weighted by Crippen LogP contribution is -2.30. The van der Waals surface area contributed by atoms with Gasteiger partial charge in [0, 0.05) is 35.9 Å². The number of amides is 1. The highest BCUT2D eigenvalue weighted by molar-refractivity contribution is 6.29. The van der Waals surface area contributed by atoms with Crippen LogP contribution in [0.25, 0.3) is 0 Å². The number of benzene rings is 1. The van der Waals surface area contributed by atoms with E-state index >= 15 is 4.39 Å². The fourth-order valence-electron chi connectivity index (χ4n) is 3.82. The SMILES string of the molecule is Cc1ccc(Cl)nc1C(C)(Cc1c(F)ccc(NC(=O)c2ccon2)c1F)c1cnn(C)c1. The smallest absolute Gasteiger partial charge is 0.277 e. The Kier molecular flexibility index (Phi) is 5.99. The molecule has 1 unspecified atom stereocenters. The normalized spacial score (nSPS) is 13.0. The second-order valence-electron chi connectivity index (χ2n) is 7.94. The minimum atomic E-state index is -0.973. The van der Waals surface area contributed by atoms with Crippen LogP contribution in [-0.4, -0.2) is 25.8 Å². The lowest BCUT2D eigenvalue weighted by atomic mass is 9.74. The Balaban J connectivity index is 1.80. The van der Waals surface area contributed by atoms with E-state index in [9.17, 15) is 9.18 Å². The minimum absolute atomic E-state index is 0.0285. The third-order valence-corrected chi connectivity index (χ3v) is 5.77. The van der Waals surface area contributed by atoms with Gasteiger partial charge in [-0.1, -0.05) is 22.8 Å². The summed E-state index contributed by atoms with van der Waals surface area (Å²) in [4.78, 5) is 16.8. The van der Waals surface area contributed by atoms with Crippen LogP contribution in [0.4, 0.5) is 14.5 Å². The maximum Gasteiger partial charge on any atom is 0.277 e. The highest BCUT2D eigenvalue weighted by Gasteiger charge is 2.36.